The smallest absolute Gasteiger partial charge is 0.328 e. The van der Waals surface area contributed by atoms with Crippen molar-refractivity contribution in [1.29, 1.82) is 0 Å². The van der Waals surface area contributed by atoms with Gasteiger partial charge in [-0.3, -0.25) is 19.9 Å². The lowest BCUT2D eigenvalue weighted by Gasteiger charge is -2.37. The van der Waals surface area contributed by atoms with Crippen molar-refractivity contribution in [3.8, 4) is 5.75 Å². The van der Waals surface area contributed by atoms with Crippen molar-refractivity contribution in [1.82, 2.24) is 10.2 Å². The van der Waals surface area contributed by atoms with E-state index in [9.17, 15) is 14.7 Å². The summed E-state index contributed by atoms with van der Waals surface area (Å²) >= 11 is 0. The molecule has 2 fully saturated rings. The first kappa shape index (κ1) is 28.2. The molecule has 44 heavy (non-hydrogen) atoms. The van der Waals surface area contributed by atoms with Crippen LogP contribution in [0.5, 0.6) is 5.75 Å². The fourth-order valence-electron chi connectivity index (χ4n) is 7.18. The van der Waals surface area contributed by atoms with Crippen molar-refractivity contribution in [2.24, 2.45) is 0 Å². The maximum Gasteiger partial charge on any atom is 0.328 e. The molecule has 4 aromatic carbocycles. The van der Waals surface area contributed by atoms with E-state index < -0.39 is 0 Å². The third kappa shape index (κ3) is 5.80. The first-order valence-electron chi connectivity index (χ1n) is 15.7. The molecule has 0 unspecified atom stereocenters. The number of amides is 3. The molecule has 4 aromatic rings. The number of hydrogen-bond acceptors (Lipinski definition) is 5. The molecule has 2 atom stereocenters. The van der Waals surface area contributed by atoms with Gasteiger partial charge in [0, 0.05) is 63.0 Å². The van der Waals surface area contributed by atoms with E-state index in [1.54, 1.807) is 4.90 Å². The second-order valence-electron chi connectivity index (χ2n) is 12.2. The maximum atomic E-state index is 12.2. The van der Waals surface area contributed by atoms with Crippen molar-refractivity contribution < 1.29 is 14.7 Å². The lowest BCUT2D eigenvalue weighted by Crippen LogP contribution is -2.49. The molecular formula is C37H38N4O3. The number of carbonyl (C=O) groups excluding carboxylic acids is 2. The Labute approximate surface area is 258 Å². The van der Waals surface area contributed by atoms with Gasteiger partial charge in [0.15, 0.2) is 0 Å². The molecule has 7 rings (SSSR count). The summed E-state index contributed by atoms with van der Waals surface area (Å²) < 4.78 is 0. The standard InChI is InChI=1S/C37H38N4O3/c42-32-15-17-34-29(24-32)10-16-33(27-4-2-1-3-5-27)36(34)28-8-13-30(14-9-28)40-22-20-39(21-23-40)25-26-6-11-31(12-7-26)41-19-18-35(43)38-37(41)44/h1-9,11-15,17,24,33,36,42H,10,16,18-23,25H2,(H,38,43,44)/t33-,36+/m1/s1. The number of nitrogens with zero attached hydrogens (tertiary/aromatic N) is 3. The largest absolute Gasteiger partial charge is 0.508 e. The average molecular weight is 587 g/mol. The topological polar surface area (TPSA) is 76.1 Å². The summed E-state index contributed by atoms with van der Waals surface area (Å²) in [6, 6.07) is 33.7. The highest BCUT2D eigenvalue weighted by molar-refractivity contribution is 6.05. The number of aryl methyl sites for hydroxylation is 1. The Balaban J connectivity index is 1.00. The van der Waals surface area contributed by atoms with Crippen LogP contribution in [0.15, 0.2) is 97.1 Å². The zero-order valence-electron chi connectivity index (χ0n) is 24.9. The SMILES string of the molecule is O=C1CCN(c2ccc(CN3CCN(c4ccc([C@@H]5c6ccc(O)cc6CC[C@@H]5c5ccccc5)cc4)CC3)cc2)C(=O)N1. The summed E-state index contributed by atoms with van der Waals surface area (Å²) in [4.78, 5) is 30.2. The third-order valence-corrected chi connectivity index (χ3v) is 9.51. The number of aromatic hydroxyl groups is 1. The molecule has 0 bridgehead atoms. The first-order valence-corrected chi connectivity index (χ1v) is 15.7. The molecular weight excluding hydrogens is 548 g/mol. The van der Waals surface area contributed by atoms with Crippen LogP contribution >= 0.6 is 0 Å². The minimum absolute atomic E-state index is 0.216. The van der Waals surface area contributed by atoms with Gasteiger partial charge >= 0.3 is 6.03 Å². The van der Waals surface area contributed by atoms with Crippen LogP contribution in [-0.4, -0.2) is 54.7 Å². The van der Waals surface area contributed by atoms with Crippen LogP contribution in [0.4, 0.5) is 16.2 Å². The molecule has 2 heterocycles. The highest BCUT2D eigenvalue weighted by Gasteiger charge is 2.32. The van der Waals surface area contributed by atoms with E-state index in [-0.39, 0.29) is 17.9 Å². The van der Waals surface area contributed by atoms with Crippen molar-refractivity contribution >= 4 is 23.3 Å². The Morgan fingerprint density at radius 2 is 1.45 bits per heavy atom. The number of phenolic OH excluding ortho intramolecular Hbond substituents is 1. The van der Waals surface area contributed by atoms with Gasteiger partial charge < -0.3 is 10.0 Å². The summed E-state index contributed by atoms with van der Waals surface area (Å²) in [7, 11) is 0. The molecule has 0 spiro atoms. The number of carbonyl (C=O) groups is 2. The van der Waals surface area contributed by atoms with Crippen LogP contribution in [0.25, 0.3) is 0 Å². The number of nitrogens with one attached hydrogen (secondary N) is 1. The molecule has 1 aliphatic carbocycles. The molecule has 0 saturated carbocycles. The van der Waals surface area contributed by atoms with E-state index in [2.05, 4.69) is 87.9 Å². The number of phenols is 1. The monoisotopic (exact) mass is 586 g/mol. The van der Waals surface area contributed by atoms with Crippen molar-refractivity contribution in [2.45, 2.75) is 37.6 Å². The zero-order valence-corrected chi connectivity index (χ0v) is 24.9. The normalized spacial score (nSPS) is 20.7. The number of benzene rings is 4. The van der Waals surface area contributed by atoms with Gasteiger partial charge in [0.05, 0.1) is 0 Å². The van der Waals surface area contributed by atoms with Crippen molar-refractivity contribution in [3.05, 3.63) is 125 Å². The summed E-state index contributed by atoms with van der Waals surface area (Å²) in [5, 5.41) is 12.5. The molecule has 0 aromatic heterocycles. The van der Waals surface area contributed by atoms with Crippen molar-refractivity contribution in [2.75, 3.05) is 42.5 Å². The number of imide groups is 1. The average Bonchev–Trinajstić information content (AvgIpc) is 3.05. The van der Waals surface area contributed by atoms with Gasteiger partial charge in [0.2, 0.25) is 5.91 Å². The Morgan fingerprint density at radius 1 is 0.727 bits per heavy atom. The second-order valence-corrected chi connectivity index (χ2v) is 12.2. The predicted octanol–water partition coefficient (Wildman–Crippen LogP) is 6.02. The van der Waals surface area contributed by atoms with Crippen LogP contribution in [0.3, 0.4) is 0 Å². The number of rotatable bonds is 6. The molecule has 2 saturated heterocycles. The van der Waals surface area contributed by atoms with E-state index in [0.29, 0.717) is 24.6 Å². The minimum atomic E-state index is -0.349. The van der Waals surface area contributed by atoms with Gasteiger partial charge in [-0.1, -0.05) is 60.7 Å². The maximum absolute atomic E-state index is 12.2. The van der Waals surface area contributed by atoms with Gasteiger partial charge in [-0.25, -0.2) is 4.79 Å². The van der Waals surface area contributed by atoms with Gasteiger partial charge in [0.1, 0.15) is 5.75 Å². The lowest BCUT2D eigenvalue weighted by molar-refractivity contribution is -0.120. The number of hydrogen-bond donors (Lipinski definition) is 2. The summed E-state index contributed by atoms with van der Waals surface area (Å²) in [5.41, 5.74) is 8.57. The molecule has 224 valence electrons. The molecule has 3 aliphatic rings. The molecule has 7 nitrogen and oxygen atoms in total. The van der Waals surface area contributed by atoms with E-state index >= 15 is 0 Å². The van der Waals surface area contributed by atoms with Crippen LogP contribution in [0.1, 0.15) is 52.5 Å². The Hall–Kier alpha value is -4.62. The minimum Gasteiger partial charge on any atom is -0.508 e. The van der Waals surface area contributed by atoms with Crippen LogP contribution in [0, 0.1) is 0 Å². The summed E-state index contributed by atoms with van der Waals surface area (Å²) in [5.74, 6) is 0.785. The fourth-order valence-corrected chi connectivity index (χ4v) is 7.18. The van der Waals surface area contributed by atoms with E-state index in [1.807, 2.05) is 24.3 Å². The Bertz CT molecular complexity index is 1630. The summed E-state index contributed by atoms with van der Waals surface area (Å²) in [6.45, 7) is 5.19. The van der Waals surface area contributed by atoms with Crippen molar-refractivity contribution in [3.63, 3.8) is 0 Å². The van der Waals surface area contributed by atoms with Crippen LogP contribution in [-0.2, 0) is 17.8 Å². The van der Waals surface area contributed by atoms with Crippen LogP contribution < -0.4 is 15.1 Å². The number of fused-ring (bicyclic) bond motifs is 1. The van der Waals surface area contributed by atoms with Crippen LogP contribution in [0.2, 0.25) is 0 Å². The Morgan fingerprint density at radius 3 is 2.18 bits per heavy atom. The molecule has 3 amide bonds. The molecule has 7 heteroatoms. The fraction of sp³-hybridized carbons (Fsp3) is 0.297. The van der Waals surface area contributed by atoms with E-state index in [1.165, 1.54) is 33.5 Å². The molecule has 2 N–H and O–H groups in total. The van der Waals surface area contributed by atoms with Gasteiger partial charge in [-0.05, 0) is 83.0 Å². The highest BCUT2D eigenvalue weighted by atomic mass is 16.3. The number of anilines is 2. The lowest BCUT2D eigenvalue weighted by atomic mass is 9.69. The second kappa shape index (κ2) is 12.2. The predicted molar refractivity (Wildman–Crippen MR) is 173 cm³/mol. The third-order valence-electron chi connectivity index (χ3n) is 9.51. The number of urea groups is 1. The zero-order chi connectivity index (χ0) is 30.0. The van der Waals surface area contributed by atoms with Gasteiger partial charge in [0.25, 0.3) is 0 Å². The van der Waals surface area contributed by atoms with Gasteiger partial charge in [-0.2, -0.15) is 0 Å². The Kier molecular flexibility index (Phi) is 7.79. The molecule has 0 radical (unpaired) electrons. The van der Waals surface area contributed by atoms with E-state index in [4.69, 9.17) is 0 Å². The van der Waals surface area contributed by atoms with E-state index in [0.717, 1.165) is 51.3 Å². The number of piperazine rings is 1. The quantitative estimate of drug-likeness (QED) is 0.289. The van der Waals surface area contributed by atoms with Gasteiger partial charge in [-0.15, -0.1) is 0 Å². The molecule has 2 aliphatic heterocycles. The highest BCUT2D eigenvalue weighted by Crippen LogP contribution is 2.47. The summed E-state index contributed by atoms with van der Waals surface area (Å²) in [6.07, 6.45) is 2.37. The first-order chi connectivity index (χ1) is 21.5.